The normalized spacial score (nSPS) is 11.7. The molecule has 0 unspecified atom stereocenters. The van der Waals surface area contributed by atoms with Crippen molar-refractivity contribution in [2.45, 2.75) is 39.7 Å². The van der Waals surface area contributed by atoms with Crippen LogP contribution in [0.2, 0.25) is 0 Å². The van der Waals surface area contributed by atoms with Crippen LogP contribution in [0.25, 0.3) is 23.0 Å². The van der Waals surface area contributed by atoms with Crippen molar-refractivity contribution in [3.05, 3.63) is 54.5 Å². The first-order valence-corrected chi connectivity index (χ1v) is 8.90. The predicted molar refractivity (Wildman–Crippen MR) is 106 cm³/mol. The largest absolute Gasteiger partial charge is 0.352 e. The molecule has 1 aromatic carbocycles. The number of anilines is 1. The van der Waals surface area contributed by atoms with Crippen LogP contribution in [-0.2, 0) is 0 Å². The number of rotatable bonds is 5. The SMILES string of the molecule is C=Cc1cnn2c(N(CCC)C(C)(C)C)cc(-c3cccc(F)c3)nc12. The van der Waals surface area contributed by atoms with E-state index in [2.05, 4.69) is 44.3 Å². The van der Waals surface area contributed by atoms with E-state index in [1.165, 1.54) is 12.1 Å². The van der Waals surface area contributed by atoms with Gasteiger partial charge in [0.2, 0.25) is 0 Å². The van der Waals surface area contributed by atoms with E-state index in [1.54, 1.807) is 18.3 Å². The zero-order chi connectivity index (χ0) is 18.9. The zero-order valence-corrected chi connectivity index (χ0v) is 15.8. The predicted octanol–water partition coefficient (Wildman–Crippen LogP) is 5.19. The van der Waals surface area contributed by atoms with Gasteiger partial charge >= 0.3 is 0 Å². The summed E-state index contributed by atoms with van der Waals surface area (Å²) in [6, 6.07) is 8.51. The number of halogens is 1. The summed E-state index contributed by atoms with van der Waals surface area (Å²) >= 11 is 0. The molecular weight excluding hydrogens is 327 g/mol. The Morgan fingerprint density at radius 2 is 2.04 bits per heavy atom. The molecule has 4 nitrogen and oxygen atoms in total. The van der Waals surface area contributed by atoms with E-state index in [9.17, 15) is 4.39 Å². The average Bonchev–Trinajstić information content (AvgIpc) is 3.01. The maximum absolute atomic E-state index is 13.7. The molecule has 0 radical (unpaired) electrons. The van der Waals surface area contributed by atoms with Gasteiger partial charge in [0.1, 0.15) is 11.6 Å². The summed E-state index contributed by atoms with van der Waals surface area (Å²) < 4.78 is 15.6. The lowest BCUT2D eigenvalue weighted by molar-refractivity contribution is 0.492. The number of nitrogens with zero attached hydrogens (tertiary/aromatic N) is 4. The van der Waals surface area contributed by atoms with Crippen molar-refractivity contribution in [2.75, 3.05) is 11.4 Å². The highest BCUT2D eigenvalue weighted by molar-refractivity contribution is 5.72. The van der Waals surface area contributed by atoms with Crippen molar-refractivity contribution >= 4 is 17.5 Å². The Balaban J connectivity index is 2.30. The molecule has 0 atom stereocenters. The van der Waals surface area contributed by atoms with Gasteiger partial charge in [0.25, 0.3) is 0 Å². The fourth-order valence-corrected chi connectivity index (χ4v) is 3.11. The minimum Gasteiger partial charge on any atom is -0.352 e. The maximum Gasteiger partial charge on any atom is 0.165 e. The maximum atomic E-state index is 13.7. The molecule has 0 fully saturated rings. The fraction of sp³-hybridized carbons (Fsp3) is 0.333. The Morgan fingerprint density at radius 1 is 1.27 bits per heavy atom. The molecule has 0 saturated heterocycles. The van der Waals surface area contributed by atoms with E-state index < -0.39 is 0 Å². The van der Waals surface area contributed by atoms with Crippen LogP contribution in [0.5, 0.6) is 0 Å². The topological polar surface area (TPSA) is 33.4 Å². The van der Waals surface area contributed by atoms with Crippen LogP contribution in [0.3, 0.4) is 0 Å². The molecule has 0 spiro atoms. The van der Waals surface area contributed by atoms with E-state index in [0.717, 1.165) is 41.3 Å². The molecule has 3 rings (SSSR count). The average molecular weight is 352 g/mol. The molecule has 0 N–H and O–H groups in total. The van der Waals surface area contributed by atoms with Gasteiger partial charge in [0.15, 0.2) is 5.65 Å². The number of hydrogen-bond donors (Lipinski definition) is 0. The summed E-state index contributed by atoms with van der Waals surface area (Å²) in [5.41, 5.74) is 2.96. The van der Waals surface area contributed by atoms with Gasteiger partial charge in [-0.3, -0.25) is 0 Å². The van der Waals surface area contributed by atoms with Crippen LogP contribution in [0, 0.1) is 5.82 Å². The Hall–Kier alpha value is -2.69. The third kappa shape index (κ3) is 3.34. The van der Waals surface area contributed by atoms with Crippen LogP contribution in [0.15, 0.2) is 43.1 Å². The third-order valence-electron chi connectivity index (χ3n) is 4.35. The summed E-state index contributed by atoms with van der Waals surface area (Å²) in [5.74, 6) is 0.668. The summed E-state index contributed by atoms with van der Waals surface area (Å²) in [7, 11) is 0. The second kappa shape index (κ2) is 6.90. The van der Waals surface area contributed by atoms with Gasteiger partial charge in [0.05, 0.1) is 11.9 Å². The quantitative estimate of drug-likeness (QED) is 0.633. The third-order valence-corrected chi connectivity index (χ3v) is 4.35. The first kappa shape index (κ1) is 18.1. The summed E-state index contributed by atoms with van der Waals surface area (Å²) in [4.78, 5) is 7.05. The van der Waals surface area contributed by atoms with Gasteiger partial charge in [0, 0.05) is 29.3 Å². The molecule has 5 heteroatoms. The highest BCUT2D eigenvalue weighted by Crippen LogP contribution is 2.30. The lowest BCUT2D eigenvalue weighted by Crippen LogP contribution is -2.43. The van der Waals surface area contributed by atoms with Crippen LogP contribution in [0.1, 0.15) is 39.7 Å². The minimum atomic E-state index is -0.274. The Labute approximate surface area is 154 Å². The molecular formula is C21H25FN4. The summed E-state index contributed by atoms with van der Waals surface area (Å²) in [6.07, 6.45) is 4.52. The number of hydrogen-bond acceptors (Lipinski definition) is 3. The van der Waals surface area contributed by atoms with Crippen LogP contribution in [0.4, 0.5) is 10.2 Å². The van der Waals surface area contributed by atoms with Crippen LogP contribution < -0.4 is 4.90 Å². The molecule has 0 aliphatic rings. The number of benzene rings is 1. The molecule has 136 valence electrons. The second-order valence-corrected chi connectivity index (χ2v) is 7.37. The van der Waals surface area contributed by atoms with Crippen LogP contribution in [-0.4, -0.2) is 26.7 Å². The standard InChI is InChI=1S/C21H25FN4/c1-6-11-25(21(3,4)5)19-13-18(16-9-8-10-17(22)12-16)24-20-15(7-2)14-23-26(19)20/h7-10,12-14H,2,6,11H2,1,3-5H3. The van der Waals surface area contributed by atoms with Crippen LogP contribution >= 0.6 is 0 Å². The Bertz CT molecular complexity index is 937. The first-order valence-electron chi connectivity index (χ1n) is 8.90. The van der Waals surface area contributed by atoms with Crippen molar-refractivity contribution in [1.29, 1.82) is 0 Å². The molecule has 0 amide bonds. The Morgan fingerprint density at radius 3 is 2.65 bits per heavy atom. The molecule has 2 heterocycles. The molecule has 0 bridgehead atoms. The zero-order valence-electron chi connectivity index (χ0n) is 15.8. The van der Waals surface area contributed by atoms with E-state index in [1.807, 2.05) is 16.6 Å². The molecule has 0 aliphatic heterocycles. The van der Waals surface area contributed by atoms with Gasteiger partial charge < -0.3 is 4.90 Å². The highest BCUT2D eigenvalue weighted by atomic mass is 19.1. The summed E-state index contributed by atoms with van der Waals surface area (Å²) in [5, 5.41) is 4.53. The van der Waals surface area contributed by atoms with Crippen molar-refractivity contribution < 1.29 is 4.39 Å². The molecule has 0 aliphatic carbocycles. The lowest BCUT2D eigenvalue weighted by atomic mass is 10.0. The number of fused-ring (bicyclic) bond motifs is 1. The van der Waals surface area contributed by atoms with Crippen molar-refractivity contribution in [1.82, 2.24) is 14.6 Å². The van der Waals surface area contributed by atoms with Gasteiger partial charge in [-0.25, -0.2) is 9.37 Å². The van der Waals surface area contributed by atoms with Crippen molar-refractivity contribution in [3.63, 3.8) is 0 Å². The minimum absolute atomic E-state index is 0.0935. The van der Waals surface area contributed by atoms with E-state index in [-0.39, 0.29) is 11.4 Å². The van der Waals surface area contributed by atoms with E-state index >= 15 is 0 Å². The van der Waals surface area contributed by atoms with Gasteiger partial charge in [-0.15, -0.1) is 0 Å². The Kier molecular flexibility index (Phi) is 4.81. The molecule has 3 aromatic rings. The van der Waals surface area contributed by atoms with E-state index in [4.69, 9.17) is 4.98 Å². The molecule has 0 saturated carbocycles. The van der Waals surface area contributed by atoms with Crippen molar-refractivity contribution in [3.8, 4) is 11.3 Å². The fourth-order valence-electron chi connectivity index (χ4n) is 3.11. The number of aromatic nitrogens is 3. The van der Waals surface area contributed by atoms with Gasteiger partial charge in [-0.1, -0.05) is 31.7 Å². The van der Waals surface area contributed by atoms with E-state index in [0.29, 0.717) is 0 Å². The highest BCUT2D eigenvalue weighted by Gasteiger charge is 2.25. The van der Waals surface area contributed by atoms with Gasteiger partial charge in [-0.2, -0.15) is 9.61 Å². The monoisotopic (exact) mass is 352 g/mol. The smallest absolute Gasteiger partial charge is 0.165 e. The first-order chi connectivity index (χ1) is 12.3. The van der Waals surface area contributed by atoms with Gasteiger partial charge in [-0.05, 0) is 39.3 Å². The summed E-state index contributed by atoms with van der Waals surface area (Å²) in [6.45, 7) is 13.4. The second-order valence-electron chi connectivity index (χ2n) is 7.37. The van der Waals surface area contributed by atoms with Crippen molar-refractivity contribution in [2.24, 2.45) is 0 Å². The molecule has 26 heavy (non-hydrogen) atoms. The molecule has 2 aromatic heterocycles. The lowest BCUT2D eigenvalue weighted by Gasteiger charge is -2.37.